The van der Waals surface area contributed by atoms with Crippen molar-refractivity contribution in [2.45, 2.75) is 19.9 Å². The van der Waals surface area contributed by atoms with Gasteiger partial charge in [0.25, 0.3) is 0 Å². The van der Waals surface area contributed by atoms with Crippen LogP contribution in [0.3, 0.4) is 0 Å². The van der Waals surface area contributed by atoms with Gasteiger partial charge in [0.2, 0.25) is 5.91 Å². The van der Waals surface area contributed by atoms with Crippen molar-refractivity contribution < 1.29 is 14.7 Å². The molecule has 1 heterocycles. The average Bonchev–Trinajstić information content (AvgIpc) is 2.25. The predicted octanol–water partition coefficient (Wildman–Crippen LogP) is 2.07. The second-order valence-electron chi connectivity index (χ2n) is 4.01. The predicted molar refractivity (Wildman–Crippen MR) is 70.4 cm³/mol. The topological polar surface area (TPSA) is 91.3 Å². The molecular formula is C11H14BrN3O3. The van der Waals surface area contributed by atoms with Crippen LogP contribution in [0, 0.1) is 5.92 Å². The van der Waals surface area contributed by atoms with Gasteiger partial charge in [0.15, 0.2) is 0 Å². The Bertz CT molecular complexity index is 451. The van der Waals surface area contributed by atoms with Crippen molar-refractivity contribution in [1.29, 1.82) is 0 Å². The first-order chi connectivity index (χ1) is 8.40. The summed E-state index contributed by atoms with van der Waals surface area (Å²) in [5.41, 5.74) is 0. The number of rotatable bonds is 4. The van der Waals surface area contributed by atoms with Crippen LogP contribution in [0.15, 0.2) is 22.8 Å². The lowest BCUT2D eigenvalue weighted by molar-refractivity contribution is -0.119. The number of amides is 2. The fraction of sp³-hybridized carbons (Fsp3) is 0.364. The van der Waals surface area contributed by atoms with Crippen molar-refractivity contribution in [2.75, 3.05) is 5.32 Å². The van der Waals surface area contributed by atoms with Crippen LogP contribution in [0.1, 0.15) is 13.8 Å². The number of aromatic nitrogens is 1. The van der Waals surface area contributed by atoms with E-state index < -0.39 is 18.0 Å². The molecule has 0 saturated heterocycles. The Morgan fingerprint density at radius 1 is 1.39 bits per heavy atom. The van der Waals surface area contributed by atoms with E-state index in [4.69, 9.17) is 5.11 Å². The molecular weight excluding hydrogens is 302 g/mol. The molecule has 0 bridgehead atoms. The SMILES string of the molecule is CC(C)C(NC(=O)O)C(=O)Nc1cccc(Br)n1. The minimum absolute atomic E-state index is 0.159. The number of carbonyl (C=O) groups excluding carboxylic acids is 1. The summed E-state index contributed by atoms with van der Waals surface area (Å²) in [6, 6.07) is 4.26. The van der Waals surface area contributed by atoms with Crippen molar-refractivity contribution in [1.82, 2.24) is 10.3 Å². The van der Waals surface area contributed by atoms with Crippen LogP contribution in [0.4, 0.5) is 10.6 Å². The van der Waals surface area contributed by atoms with E-state index in [1.54, 1.807) is 32.0 Å². The maximum Gasteiger partial charge on any atom is 0.405 e. The van der Waals surface area contributed by atoms with Gasteiger partial charge in [-0.3, -0.25) is 4.79 Å². The summed E-state index contributed by atoms with van der Waals surface area (Å²) in [6.45, 7) is 3.52. The van der Waals surface area contributed by atoms with Crippen molar-refractivity contribution in [2.24, 2.45) is 5.92 Å². The van der Waals surface area contributed by atoms with Crippen LogP contribution in [-0.2, 0) is 4.79 Å². The lowest BCUT2D eigenvalue weighted by atomic mass is 10.0. The Labute approximate surface area is 113 Å². The molecule has 1 aromatic heterocycles. The summed E-state index contributed by atoms with van der Waals surface area (Å²) in [6.07, 6.45) is -1.23. The normalized spacial score (nSPS) is 12.0. The number of nitrogens with one attached hydrogen (secondary N) is 2. The highest BCUT2D eigenvalue weighted by Crippen LogP contribution is 2.11. The highest BCUT2D eigenvalue weighted by molar-refractivity contribution is 9.10. The Morgan fingerprint density at radius 3 is 2.56 bits per heavy atom. The summed E-state index contributed by atoms with van der Waals surface area (Å²) in [5, 5.41) is 13.4. The first kappa shape index (κ1) is 14.4. The fourth-order valence-corrected chi connectivity index (χ4v) is 1.69. The fourth-order valence-electron chi connectivity index (χ4n) is 1.35. The Kier molecular flexibility index (Phi) is 5.08. The first-order valence-corrected chi connectivity index (χ1v) is 6.12. The number of carbonyl (C=O) groups is 2. The molecule has 0 spiro atoms. The molecule has 0 radical (unpaired) electrons. The van der Waals surface area contributed by atoms with E-state index in [9.17, 15) is 9.59 Å². The van der Waals surface area contributed by atoms with Crippen LogP contribution in [0.5, 0.6) is 0 Å². The maximum absolute atomic E-state index is 11.9. The quantitative estimate of drug-likeness (QED) is 0.742. The second-order valence-corrected chi connectivity index (χ2v) is 4.82. The van der Waals surface area contributed by atoms with Gasteiger partial charge < -0.3 is 15.7 Å². The van der Waals surface area contributed by atoms with Crippen molar-refractivity contribution in [3.8, 4) is 0 Å². The van der Waals surface area contributed by atoms with E-state index in [0.29, 0.717) is 10.4 Å². The molecule has 0 aliphatic rings. The molecule has 3 N–H and O–H groups in total. The van der Waals surface area contributed by atoms with Crippen LogP contribution in [-0.4, -0.2) is 28.1 Å². The van der Waals surface area contributed by atoms with Gasteiger partial charge in [-0.1, -0.05) is 19.9 Å². The van der Waals surface area contributed by atoms with E-state index in [0.717, 1.165) is 0 Å². The summed E-state index contributed by atoms with van der Waals surface area (Å²) in [5.74, 6) is -0.224. The minimum Gasteiger partial charge on any atom is -0.465 e. The molecule has 18 heavy (non-hydrogen) atoms. The number of halogens is 1. The second kappa shape index (κ2) is 6.34. The first-order valence-electron chi connectivity index (χ1n) is 5.33. The van der Waals surface area contributed by atoms with E-state index in [-0.39, 0.29) is 5.92 Å². The van der Waals surface area contributed by atoms with Crippen LogP contribution in [0.25, 0.3) is 0 Å². The number of hydrogen-bond acceptors (Lipinski definition) is 3. The molecule has 98 valence electrons. The molecule has 6 nitrogen and oxygen atoms in total. The van der Waals surface area contributed by atoms with Gasteiger partial charge >= 0.3 is 6.09 Å². The smallest absolute Gasteiger partial charge is 0.405 e. The molecule has 0 aliphatic carbocycles. The number of nitrogens with zero attached hydrogens (tertiary/aromatic N) is 1. The zero-order valence-corrected chi connectivity index (χ0v) is 11.6. The van der Waals surface area contributed by atoms with E-state index >= 15 is 0 Å². The van der Waals surface area contributed by atoms with Gasteiger partial charge in [-0.05, 0) is 34.0 Å². The van der Waals surface area contributed by atoms with Gasteiger partial charge in [0.05, 0.1) is 0 Å². The van der Waals surface area contributed by atoms with Crippen molar-refractivity contribution in [3.05, 3.63) is 22.8 Å². The van der Waals surface area contributed by atoms with Gasteiger partial charge in [-0.15, -0.1) is 0 Å². The average molecular weight is 316 g/mol. The molecule has 1 unspecified atom stereocenters. The highest BCUT2D eigenvalue weighted by Gasteiger charge is 2.24. The third kappa shape index (κ3) is 4.33. The van der Waals surface area contributed by atoms with Gasteiger partial charge in [-0.2, -0.15) is 0 Å². The van der Waals surface area contributed by atoms with E-state index in [2.05, 4.69) is 31.5 Å². The zero-order valence-electron chi connectivity index (χ0n) is 9.98. The third-order valence-corrected chi connectivity index (χ3v) is 2.64. The highest BCUT2D eigenvalue weighted by atomic mass is 79.9. The molecule has 0 fully saturated rings. The van der Waals surface area contributed by atoms with Gasteiger partial charge in [-0.25, -0.2) is 9.78 Å². The zero-order chi connectivity index (χ0) is 13.7. The Hall–Kier alpha value is -1.63. The van der Waals surface area contributed by atoms with Crippen LogP contribution >= 0.6 is 15.9 Å². The van der Waals surface area contributed by atoms with Crippen LogP contribution in [0.2, 0.25) is 0 Å². The lowest BCUT2D eigenvalue weighted by Crippen LogP contribution is -2.46. The van der Waals surface area contributed by atoms with Crippen molar-refractivity contribution >= 4 is 33.7 Å². The molecule has 1 atom stereocenters. The summed E-state index contributed by atoms with van der Waals surface area (Å²) in [7, 11) is 0. The Balaban J connectivity index is 2.75. The Morgan fingerprint density at radius 2 is 2.06 bits per heavy atom. The molecule has 0 aliphatic heterocycles. The summed E-state index contributed by atoms with van der Waals surface area (Å²) >= 11 is 3.19. The number of pyridine rings is 1. The molecule has 2 amide bonds. The van der Waals surface area contributed by atoms with Crippen molar-refractivity contribution in [3.63, 3.8) is 0 Å². The number of carboxylic acid groups (broad SMARTS) is 1. The lowest BCUT2D eigenvalue weighted by Gasteiger charge is -2.19. The molecule has 7 heteroatoms. The summed E-state index contributed by atoms with van der Waals surface area (Å²) < 4.78 is 0.590. The van der Waals surface area contributed by atoms with Gasteiger partial charge in [0.1, 0.15) is 16.5 Å². The largest absolute Gasteiger partial charge is 0.465 e. The number of anilines is 1. The molecule has 0 aromatic carbocycles. The summed E-state index contributed by atoms with van der Waals surface area (Å²) in [4.78, 5) is 26.6. The molecule has 1 rings (SSSR count). The van der Waals surface area contributed by atoms with E-state index in [1.807, 2.05) is 0 Å². The van der Waals surface area contributed by atoms with Gasteiger partial charge in [0, 0.05) is 0 Å². The monoisotopic (exact) mass is 315 g/mol. The molecule has 0 saturated carbocycles. The standard InChI is InChI=1S/C11H14BrN3O3/c1-6(2)9(15-11(17)18)10(16)14-8-5-3-4-7(12)13-8/h3-6,9,15H,1-2H3,(H,17,18)(H,13,14,16). The van der Waals surface area contributed by atoms with E-state index in [1.165, 1.54) is 0 Å². The third-order valence-electron chi connectivity index (χ3n) is 2.19. The maximum atomic E-state index is 11.9. The molecule has 1 aromatic rings. The minimum atomic E-state index is -1.23. The number of hydrogen-bond donors (Lipinski definition) is 3. The van der Waals surface area contributed by atoms with Crippen LogP contribution < -0.4 is 10.6 Å².